The highest BCUT2D eigenvalue weighted by atomic mass is 16.6. The smallest absolute Gasteiger partial charge is 0.444 e. The molecule has 1 atom stereocenters. The lowest BCUT2D eigenvalue weighted by molar-refractivity contribution is -0.161. The van der Waals surface area contributed by atoms with Crippen LogP contribution in [0.1, 0.15) is 33.6 Å². The van der Waals surface area contributed by atoms with Crippen molar-refractivity contribution in [1.29, 1.82) is 0 Å². The summed E-state index contributed by atoms with van der Waals surface area (Å²) in [4.78, 5) is 13.4. The van der Waals surface area contributed by atoms with Gasteiger partial charge in [0.15, 0.2) is 0 Å². The molecule has 0 aromatic rings. The topological polar surface area (TPSA) is 79.2 Å². The van der Waals surface area contributed by atoms with Gasteiger partial charge >= 0.3 is 13.2 Å². The molecular formula is C12H22BNO5. The van der Waals surface area contributed by atoms with Crippen molar-refractivity contribution < 1.29 is 24.3 Å². The predicted molar refractivity (Wildman–Crippen MR) is 69.7 cm³/mol. The lowest BCUT2D eigenvalue weighted by Crippen LogP contribution is -2.66. The Kier molecular flexibility index (Phi) is 3.82. The van der Waals surface area contributed by atoms with E-state index in [1.165, 1.54) is 0 Å². The quantitative estimate of drug-likeness (QED) is 0.684. The van der Waals surface area contributed by atoms with Crippen molar-refractivity contribution in [1.82, 2.24) is 4.90 Å². The van der Waals surface area contributed by atoms with Crippen molar-refractivity contribution in [3.8, 4) is 0 Å². The molecule has 6 nitrogen and oxygen atoms in total. The molecule has 2 aliphatic heterocycles. The van der Waals surface area contributed by atoms with Gasteiger partial charge in [-0.1, -0.05) is 0 Å². The Labute approximate surface area is 113 Å². The second-order valence-electron chi connectivity index (χ2n) is 6.54. The summed E-state index contributed by atoms with van der Waals surface area (Å²) in [5, 5.41) is 18.2. The number of likely N-dealkylation sites (tertiary alicyclic amines) is 1. The number of amides is 1. The van der Waals surface area contributed by atoms with Crippen LogP contribution in [0.2, 0.25) is 5.82 Å². The Morgan fingerprint density at radius 2 is 2.05 bits per heavy atom. The SMILES string of the molecule is CC(C)(C)OC(=O)N1CC2(CCC(B(O)O)CO2)C1. The minimum Gasteiger partial charge on any atom is -0.444 e. The fourth-order valence-electron chi connectivity index (χ4n) is 2.48. The molecule has 108 valence electrons. The first-order valence-corrected chi connectivity index (χ1v) is 6.69. The summed E-state index contributed by atoms with van der Waals surface area (Å²) in [6.45, 7) is 6.90. The molecule has 2 aliphatic rings. The number of rotatable bonds is 1. The number of hydrogen-bond donors (Lipinski definition) is 2. The summed E-state index contributed by atoms with van der Waals surface area (Å²) in [7, 11) is -1.32. The van der Waals surface area contributed by atoms with E-state index in [-0.39, 0.29) is 17.5 Å². The van der Waals surface area contributed by atoms with Crippen molar-refractivity contribution in [2.75, 3.05) is 19.7 Å². The molecule has 0 saturated carbocycles. The number of hydrogen-bond acceptors (Lipinski definition) is 5. The first kappa shape index (κ1) is 14.6. The van der Waals surface area contributed by atoms with E-state index in [0.29, 0.717) is 26.1 Å². The Bertz CT molecular complexity index is 339. The van der Waals surface area contributed by atoms with E-state index in [1.807, 2.05) is 20.8 Å². The van der Waals surface area contributed by atoms with Gasteiger partial charge in [0, 0.05) is 12.4 Å². The van der Waals surface area contributed by atoms with E-state index < -0.39 is 12.7 Å². The van der Waals surface area contributed by atoms with E-state index >= 15 is 0 Å². The van der Waals surface area contributed by atoms with Crippen LogP contribution in [0.4, 0.5) is 4.79 Å². The van der Waals surface area contributed by atoms with Gasteiger partial charge in [-0.05, 0) is 33.6 Å². The van der Waals surface area contributed by atoms with Crippen LogP contribution < -0.4 is 0 Å². The Morgan fingerprint density at radius 3 is 2.47 bits per heavy atom. The van der Waals surface area contributed by atoms with Crippen LogP contribution in [-0.2, 0) is 9.47 Å². The first-order chi connectivity index (χ1) is 8.71. The van der Waals surface area contributed by atoms with E-state index in [2.05, 4.69) is 0 Å². The zero-order valence-corrected chi connectivity index (χ0v) is 11.8. The third-order valence-corrected chi connectivity index (χ3v) is 3.61. The zero-order chi connectivity index (χ0) is 14.3. The number of carbonyl (C=O) groups excluding carboxylic acids is 1. The molecule has 1 amide bonds. The summed E-state index contributed by atoms with van der Waals surface area (Å²) in [5.74, 6) is -0.221. The largest absolute Gasteiger partial charge is 0.457 e. The Morgan fingerprint density at radius 1 is 1.42 bits per heavy atom. The van der Waals surface area contributed by atoms with Crippen LogP contribution >= 0.6 is 0 Å². The van der Waals surface area contributed by atoms with E-state index in [4.69, 9.17) is 19.5 Å². The summed E-state index contributed by atoms with van der Waals surface area (Å²) in [6.07, 6.45) is 1.14. The fourth-order valence-corrected chi connectivity index (χ4v) is 2.48. The van der Waals surface area contributed by atoms with Crippen molar-refractivity contribution in [2.24, 2.45) is 0 Å². The standard InChI is InChI=1S/C12H22BNO5/c1-11(2,3)19-10(15)14-7-12(8-14)5-4-9(6-18-12)13(16)17/h9,16-17H,4-8H2,1-3H3. The molecule has 0 radical (unpaired) electrons. The molecule has 2 heterocycles. The average molecular weight is 271 g/mol. The maximum Gasteiger partial charge on any atom is 0.457 e. The lowest BCUT2D eigenvalue weighted by atomic mass is 9.67. The van der Waals surface area contributed by atoms with Crippen LogP contribution in [0.25, 0.3) is 0 Å². The molecular weight excluding hydrogens is 249 g/mol. The average Bonchev–Trinajstić information content (AvgIpc) is 2.23. The van der Waals surface area contributed by atoms with Gasteiger partial charge in [-0.3, -0.25) is 0 Å². The molecule has 7 heteroatoms. The molecule has 2 fully saturated rings. The number of ether oxygens (including phenoxy) is 2. The molecule has 2 rings (SSSR count). The number of nitrogens with zero attached hydrogens (tertiary/aromatic N) is 1. The first-order valence-electron chi connectivity index (χ1n) is 6.69. The zero-order valence-electron chi connectivity index (χ0n) is 11.8. The maximum atomic E-state index is 11.8. The van der Waals surface area contributed by atoms with Gasteiger partial charge in [-0.25, -0.2) is 4.79 Å². The Balaban J connectivity index is 1.79. The molecule has 0 bridgehead atoms. The Hall–Kier alpha value is -0.785. The molecule has 0 aromatic carbocycles. The molecule has 2 N–H and O–H groups in total. The second kappa shape index (κ2) is 4.96. The lowest BCUT2D eigenvalue weighted by Gasteiger charge is -2.52. The maximum absolute atomic E-state index is 11.8. The van der Waals surface area contributed by atoms with Gasteiger partial charge in [0.25, 0.3) is 0 Å². The van der Waals surface area contributed by atoms with Gasteiger partial charge in [-0.2, -0.15) is 0 Å². The highest BCUT2D eigenvalue weighted by molar-refractivity contribution is 6.43. The van der Waals surface area contributed by atoms with Crippen molar-refractivity contribution in [2.45, 2.75) is 50.6 Å². The van der Waals surface area contributed by atoms with Crippen LogP contribution in [0.5, 0.6) is 0 Å². The minimum atomic E-state index is -1.32. The third kappa shape index (κ3) is 3.40. The summed E-state index contributed by atoms with van der Waals surface area (Å²) in [6, 6.07) is 0. The highest BCUT2D eigenvalue weighted by Crippen LogP contribution is 2.38. The van der Waals surface area contributed by atoms with Gasteiger partial charge in [0.05, 0.1) is 13.1 Å². The summed E-state index contributed by atoms with van der Waals surface area (Å²) >= 11 is 0. The van der Waals surface area contributed by atoms with Crippen LogP contribution in [-0.4, -0.2) is 59.1 Å². The summed E-state index contributed by atoms with van der Waals surface area (Å²) < 4.78 is 11.0. The van der Waals surface area contributed by atoms with Crippen LogP contribution in [0.3, 0.4) is 0 Å². The van der Waals surface area contributed by atoms with Gasteiger partial charge < -0.3 is 24.4 Å². The second-order valence-corrected chi connectivity index (χ2v) is 6.54. The van der Waals surface area contributed by atoms with Crippen molar-refractivity contribution in [3.63, 3.8) is 0 Å². The van der Waals surface area contributed by atoms with E-state index in [1.54, 1.807) is 4.90 Å². The van der Waals surface area contributed by atoms with E-state index in [0.717, 1.165) is 6.42 Å². The van der Waals surface area contributed by atoms with Crippen molar-refractivity contribution >= 4 is 13.2 Å². The highest BCUT2D eigenvalue weighted by Gasteiger charge is 2.50. The van der Waals surface area contributed by atoms with Gasteiger partial charge in [0.1, 0.15) is 11.2 Å². The van der Waals surface area contributed by atoms with Crippen LogP contribution in [0, 0.1) is 0 Å². The van der Waals surface area contributed by atoms with Gasteiger partial charge in [-0.15, -0.1) is 0 Å². The fraction of sp³-hybridized carbons (Fsp3) is 0.917. The molecule has 1 spiro atoms. The van der Waals surface area contributed by atoms with Gasteiger partial charge in [0.2, 0.25) is 0 Å². The van der Waals surface area contributed by atoms with E-state index in [9.17, 15) is 4.79 Å². The summed E-state index contributed by atoms with van der Waals surface area (Å²) in [5.41, 5.74) is -0.790. The molecule has 0 aliphatic carbocycles. The molecule has 1 unspecified atom stereocenters. The molecule has 19 heavy (non-hydrogen) atoms. The van der Waals surface area contributed by atoms with Crippen LogP contribution in [0.15, 0.2) is 0 Å². The monoisotopic (exact) mass is 271 g/mol. The normalized spacial score (nSPS) is 25.9. The third-order valence-electron chi connectivity index (χ3n) is 3.61. The molecule has 0 aromatic heterocycles. The predicted octanol–water partition coefficient (Wildman–Crippen LogP) is 0.629. The van der Waals surface area contributed by atoms with Crippen molar-refractivity contribution in [3.05, 3.63) is 0 Å². The molecule has 2 saturated heterocycles. The minimum absolute atomic E-state index is 0.221. The number of carbonyl (C=O) groups is 1.